The Hall–Kier alpha value is -2.60. The van der Waals surface area contributed by atoms with Gasteiger partial charge in [-0.2, -0.15) is 0 Å². The molecule has 1 aromatic heterocycles. The van der Waals surface area contributed by atoms with E-state index >= 15 is 0 Å². The van der Waals surface area contributed by atoms with Gasteiger partial charge in [-0.05, 0) is 61.1 Å². The number of aryl methyl sites for hydroxylation is 1. The molecule has 142 valence electrons. The topological polar surface area (TPSA) is 39.2 Å². The molecule has 6 heteroatoms. The summed E-state index contributed by atoms with van der Waals surface area (Å²) in [5, 5.41) is 0. The zero-order chi connectivity index (χ0) is 19.8. The van der Waals surface area contributed by atoms with Gasteiger partial charge >= 0.3 is 0 Å². The van der Waals surface area contributed by atoms with Gasteiger partial charge in [0.1, 0.15) is 5.82 Å². The van der Waals surface area contributed by atoms with Crippen LogP contribution in [-0.4, -0.2) is 23.8 Å². The fourth-order valence-corrected chi connectivity index (χ4v) is 3.84. The number of hydrogen-bond acceptors (Lipinski definition) is 3. The van der Waals surface area contributed by atoms with Crippen LogP contribution in [0, 0.1) is 17.5 Å². The van der Waals surface area contributed by atoms with E-state index in [1.165, 1.54) is 12.1 Å². The van der Waals surface area contributed by atoms with Gasteiger partial charge in [0.25, 0.3) is 0 Å². The SMILES string of the molecule is COc1ccc(C(C)(C)c2c(C)[nH]c(=S)n2-c2ccc(F)cc2)cc1OC. The molecular weight excluding hydrogens is 363 g/mol. The molecule has 0 fully saturated rings. The van der Waals surface area contributed by atoms with Crippen molar-refractivity contribution in [3.63, 3.8) is 0 Å². The van der Waals surface area contributed by atoms with Crippen LogP contribution in [0.25, 0.3) is 5.69 Å². The molecule has 0 aliphatic carbocycles. The number of ether oxygens (including phenoxy) is 2. The Kier molecular flexibility index (Phi) is 5.11. The second-order valence-electron chi connectivity index (χ2n) is 6.91. The van der Waals surface area contributed by atoms with Crippen molar-refractivity contribution < 1.29 is 13.9 Å². The molecule has 1 N–H and O–H groups in total. The lowest BCUT2D eigenvalue weighted by atomic mass is 9.80. The van der Waals surface area contributed by atoms with Gasteiger partial charge in [-0.25, -0.2) is 4.39 Å². The quantitative estimate of drug-likeness (QED) is 0.603. The number of aromatic nitrogens is 2. The third-order valence-corrected chi connectivity index (χ3v) is 5.14. The molecule has 0 unspecified atom stereocenters. The fourth-order valence-electron chi connectivity index (χ4n) is 3.49. The maximum absolute atomic E-state index is 13.4. The van der Waals surface area contributed by atoms with Crippen molar-refractivity contribution in [2.75, 3.05) is 14.2 Å². The van der Waals surface area contributed by atoms with E-state index in [-0.39, 0.29) is 5.82 Å². The summed E-state index contributed by atoms with van der Waals surface area (Å²) in [4.78, 5) is 3.24. The first-order valence-electron chi connectivity index (χ1n) is 8.60. The molecule has 0 amide bonds. The first-order chi connectivity index (χ1) is 12.8. The number of H-pyrrole nitrogens is 1. The third kappa shape index (κ3) is 3.37. The number of benzene rings is 2. The van der Waals surface area contributed by atoms with Crippen molar-refractivity contribution >= 4 is 12.2 Å². The highest BCUT2D eigenvalue weighted by molar-refractivity contribution is 7.71. The molecule has 3 rings (SSSR count). The minimum absolute atomic E-state index is 0.279. The Morgan fingerprint density at radius 1 is 1.00 bits per heavy atom. The Balaban J connectivity index is 2.21. The van der Waals surface area contributed by atoms with Crippen molar-refractivity contribution in [3.05, 3.63) is 70.0 Å². The lowest BCUT2D eigenvalue weighted by Gasteiger charge is -2.28. The van der Waals surface area contributed by atoms with Crippen LogP contribution in [0.15, 0.2) is 42.5 Å². The van der Waals surface area contributed by atoms with Gasteiger partial charge in [-0.3, -0.25) is 4.57 Å². The molecule has 27 heavy (non-hydrogen) atoms. The summed E-state index contributed by atoms with van der Waals surface area (Å²) in [5.41, 5.74) is 3.43. The average Bonchev–Trinajstić information content (AvgIpc) is 2.96. The Morgan fingerprint density at radius 3 is 2.22 bits per heavy atom. The molecule has 4 nitrogen and oxygen atoms in total. The number of methoxy groups -OCH3 is 2. The summed E-state index contributed by atoms with van der Waals surface area (Å²) in [6, 6.07) is 12.2. The van der Waals surface area contributed by atoms with E-state index in [1.807, 2.05) is 29.7 Å². The monoisotopic (exact) mass is 386 g/mol. The van der Waals surface area contributed by atoms with E-state index < -0.39 is 5.41 Å². The van der Waals surface area contributed by atoms with Gasteiger partial charge in [-0.1, -0.05) is 19.9 Å². The number of halogens is 1. The van der Waals surface area contributed by atoms with Gasteiger partial charge in [0.15, 0.2) is 16.3 Å². The normalized spacial score (nSPS) is 11.5. The first kappa shape index (κ1) is 19.2. The molecule has 0 saturated heterocycles. The first-order valence-corrected chi connectivity index (χ1v) is 9.01. The second-order valence-corrected chi connectivity index (χ2v) is 7.30. The third-order valence-electron chi connectivity index (χ3n) is 4.86. The maximum atomic E-state index is 13.4. The maximum Gasteiger partial charge on any atom is 0.182 e. The van der Waals surface area contributed by atoms with Gasteiger partial charge in [0.05, 0.1) is 19.9 Å². The van der Waals surface area contributed by atoms with Crippen LogP contribution in [0.3, 0.4) is 0 Å². The minimum atomic E-state index is -0.397. The molecule has 0 radical (unpaired) electrons. The van der Waals surface area contributed by atoms with E-state index in [2.05, 4.69) is 18.8 Å². The summed E-state index contributed by atoms with van der Waals surface area (Å²) < 4.78 is 26.7. The summed E-state index contributed by atoms with van der Waals surface area (Å²) in [6.07, 6.45) is 0. The van der Waals surface area contributed by atoms with Crippen LogP contribution in [0.4, 0.5) is 4.39 Å². The van der Waals surface area contributed by atoms with Crippen LogP contribution in [0.1, 0.15) is 30.8 Å². The van der Waals surface area contributed by atoms with Crippen molar-refractivity contribution in [2.24, 2.45) is 0 Å². The van der Waals surface area contributed by atoms with E-state index in [4.69, 9.17) is 21.7 Å². The van der Waals surface area contributed by atoms with Crippen LogP contribution in [0.2, 0.25) is 0 Å². The van der Waals surface area contributed by atoms with Gasteiger partial charge in [-0.15, -0.1) is 0 Å². The van der Waals surface area contributed by atoms with E-state index in [1.54, 1.807) is 26.4 Å². The molecular formula is C21H23FN2O2S. The van der Waals surface area contributed by atoms with Crippen LogP contribution >= 0.6 is 12.2 Å². The van der Waals surface area contributed by atoms with E-state index in [0.717, 1.165) is 22.6 Å². The van der Waals surface area contributed by atoms with Crippen LogP contribution in [-0.2, 0) is 5.41 Å². The van der Waals surface area contributed by atoms with E-state index in [0.29, 0.717) is 16.3 Å². The molecule has 2 aromatic carbocycles. The smallest absolute Gasteiger partial charge is 0.182 e. The average molecular weight is 386 g/mol. The van der Waals surface area contributed by atoms with Gasteiger partial charge < -0.3 is 14.5 Å². The lowest BCUT2D eigenvalue weighted by Crippen LogP contribution is -2.24. The zero-order valence-corrected chi connectivity index (χ0v) is 16.9. The number of hydrogen-bond donors (Lipinski definition) is 1. The van der Waals surface area contributed by atoms with Crippen molar-refractivity contribution in [3.8, 4) is 17.2 Å². The molecule has 0 aliphatic heterocycles. The van der Waals surface area contributed by atoms with E-state index in [9.17, 15) is 4.39 Å². The summed E-state index contributed by atoms with van der Waals surface area (Å²) in [6.45, 7) is 6.24. The van der Waals surface area contributed by atoms with Crippen molar-refractivity contribution in [1.82, 2.24) is 9.55 Å². The fraction of sp³-hybridized carbons (Fsp3) is 0.286. The largest absolute Gasteiger partial charge is 0.493 e. The Labute approximate surface area is 163 Å². The number of nitrogens with zero attached hydrogens (tertiary/aromatic N) is 1. The minimum Gasteiger partial charge on any atom is -0.493 e. The zero-order valence-electron chi connectivity index (χ0n) is 16.1. The molecule has 0 atom stereocenters. The number of aromatic amines is 1. The molecule has 0 bridgehead atoms. The highest BCUT2D eigenvalue weighted by Crippen LogP contribution is 2.39. The molecule has 3 aromatic rings. The van der Waals surface area contributed by atoms with Gasteiger partial charge in [0, 0.05) is 16.8 Å². The van der Waals surface area contributed by atoms with Gasteiger partial charge in [0.2, 0.25) is 0 Å². The predicted molar refractivity (Wildman–Crippen MR) is 107 cm³/mol. The Morgan fingerprint density at radius 2 is 1.63 bits per heavy atom. The van der Waals surface area contributed by atoms with Crippen molar-refractivity contribution in [1.29, 1.82) is 0 Å². The number of imidazole rings is 1. The van der Waals surface area contributed by atoms with Crippen molar-refractivity contribution in [2.45, 2.75) is 26.2 Å². The van der Waals surface area contributed by atoms with Crippen LogP contribution < -0.4 is 9.47 Å². The highest BCUT2D eigenvalue weighted by Gasteiger charge is 2.31. The summed E-state index contributed by atoms with van der Waals surface area (Å²) in [7, 11) is 3.24. The second kappa shape index (κ2) is 7.19. The van der Waals surface area contributed by atoms with Crippen LogP contribution in [0.5, 0.6) is 11.5 Å². The summed E-state index contributed by atoms with van der Waals surface area (Å²) >= 11 is 5.55. The summed E-state index contributed by atoms with van der Waals surface area (Å²) in [5.74, 6) is 1.07. The molecule has 1 heterocycles. The highest BCUT2D eigenvalue weighted by atomic mass is 32.1. The molecule has 0 spiro atoms. The number of nitrogens with one attached hydrogen (secondary N) is 1. The standard InChI is InChI=1S/C21H23FN2O2S/c1-13-19(24(20(27)23-13)16-9-7-15(22)8-10-16)21(2,3)14-6-11-17(25-4)18(12-14)26-5/h6-12H,1-5H3,(H,23,27). The predicted octanol–water partition coefficient (Wildman–Crippen LogP) is 5.33. The lowest BCUT2D eigenvalue weighted by molar-refractivity contribution is 0.353. The molecule has 0 aliphatic rings. The number of rotatable bonds is 5. The Bertz CT molecular complexity index is 1020. The molecule has 0 saturated carbocycles.